The summed E-state index contributed by atoms with van der Waals surface area (Å²) in [6.07, 6.45) is 2.21. The molecule has 0 saturated carbocycles. The highest BCUT2D eigenvalue weighted by atomic mass is 16.5. The Labute approximate surface area is 177 Å². The quantitative estimate of drug-likeness (QED) is 0.754. The summed E-state index contributed by atoms with van der Waals surface area (Å²) in [5.74, 6) is -0.737. The maximum Gasteiger partial charge on any atom is 0.313 e. The molecular formula is C23H30N4O3. The van der Waals surface area contributed by atoms with E-state index in [9.17, 15) is 9.59 Å². The number of carbonyl (C=O) groups excluding carboxylic acids is 2. The van der Waals surface area contributed by atoms with Gasteiger partial charge < -0.3 is 20.7 Å². The number of aryl methyl sites for hydroxylation is 1. The second-order valence-electron chi connectivity index (χ2n) is 8.20. The number of rotatable bonds is 4. The van der Waals surface area contributed by atoms with Crippen LogP contribution >= 0.6 is 0 Å². The van der Waals surface area contributed by atoms with Gasteiger partial charge in [0, 0.05) is 12.5 Å². The molecule has 160 valence electrons. The summed E-state index contributed by atoms with van der Waals surface area (Å²) in [5.41, 5.74) is 7.91. The highest BCUT2D eigenvalue weighted by molar-refractivity contribution is 6.39. The van der Waals surface area contributed by atoms with Gasteiger partial charge in [-0.2, -0.15) is 0 Å². The number of amides is 2. The second kappa shape index (κ2) is 9.26. The molecule has 1 aromatic heterocycles. The zero-order valence-electron chi connectivity index (χ0n) is 18.0. The number of nitrogen functional groups attached to an aromatic ring is 1. The number of carbonyl (C=O) groups is 2. The molecule has 1 saturated heterocycles. The van der Waals surface area contributed by atoms with Crippen LogP contribution in [0.5, 0.6) is 0 Å². The van der Waals surface area contributed by atoms with E-state index in [1.165, 1.54) is 6.20 Å². The van der Waals surface area contributed by atoms with E-state index in [2.05, 4.69) is 17.2 Å². The summed E-state index contributed by atoms with van der Waals surface area (Å²) >= 11 is 0. The van der Waals surface area contributed by atoms with Crippen LogP contribution in [0, 0.1) is 12.8 Å². The maximum atomic E-state index is 13.1. The molecule has 7 heteroatoms. The number of likely N-dealkylation sites (tertiary alicyclic amines) is 1. The molecule has 2 heterocycles. The molecule has 1 aliphatic heterocycles. The summed E-state index contributed by atoms with van der Waals surface area (Å²) in [6.45, 7) is 8.32. The lowest BCUT2D eigenvalue weighted by molar-refractivity contribution is -0.151. The van der Waals surface area contributed by atoms with Gasteiger partial charge in [0.05, 0.1) is 30.1 Å². The predicted molar refractivity (Wildman–Crippen MR) is 117 cm³/mol. The lowest BCUT2D eigenvalue weighted by Gasteiger charge is -2.43. The van der Waals surface area contributed by atoms with Crippen LogP contribution in [-0.2, 0) is 14.3 Å². The number of pyridine rings is 1. The monoisotopic (exact) mass is 410 g/mol. The van der Waals surface area contributed by atoms with Crippen molar-refractivity contribution < 1.29 is 14.3 Å². The summed E-state index contributed by atoms with van der Waals surface area (Å²) in [4.78, 5) is 31.6. The number of hydrogen-bond acceptors (Lipinski definition) is 5. The topological polar surface area (TPSA) is 97.5 Å². The molecule has 3 atom stereocenters. The Balaban J connectivity index is 1.82. The summed E-state index contributed by atoms with van der Waals surface area (Å²) in [5, 5.41) is 2.66. The van der Waals surface area contributed by atoms with Crippen molar-refractivity contribution in [1.82, 2.24) is 9.88 Å². The second-order valence-corrected chi connectivity index (χ2v) is 8.20. The Morgan fingerprint density at radius 3 is 2.60 bits per heavy atom. The molecule has 1 unspecified atom stereocenters. The van der Waals surface area contributed by atoms with Crippen LogP contribution in [-0.4, -0.2) is 40.5 Å². The fourth-order valence-electron chi connectivity index (χ4n) is 3.86. The zero-order valence-corrected chi connectivity index (χ0v) is 18.0. The molecule has 0 radical (unpaired) electrons. The minimum atomic E-state index is -0.683. The minimum Gasteiger partial charge on any atom is -0.383 e. The van der Waals surface area contributed by atoms with Crippen LogP contribution in [0.1, 0.15) is 44.4 Å². The van der Waals surface area contributed by atoms with Crippen molar-refractivity contribution in [2.75, 3.05) is 17.6 Å². The number of hydrogen-bond donors (Lipinski definition) is 2. The Hall–Kier alpha value is -2.93. The molecule has 0 bridgehead atoms. The van der Waals surface area contributed by atoms with Crippen molar-refractivity contribution in [1.29, 1.82) is 0 Å². The fourth-order valence-corrected chi connectivity index (χ4v) is 3.86. The molecule has 3 N–H and O–H groups in total. The Kier molecular flexibility index (Phi) is 6.72. The third-order valence-corrected chi connectivity index (χ3v) is 5.41. The number of aromatic nitrogens is 1. The number of nitrogens with one attached hydrogen (secondary N) is 1. The lowest BCUT2D eigenvalue weighted by atomic mass is 9.87. The Morgan fingerprint density at radius 1 is 1.27 bits per heavy atom. The van der Waals surface area contributed by atoms with Crippen molar-refractivity contribution in [3.8, 4) is 0 Å². The van der Waals surface area contributed by atoms with Crippen molar-refractivity contribution in [3.05, 3.63) is 53.7 Å². The molecule has 1 aromatic carbocycles. The third-order valence-electron chi connectivity index (χ3n) is 5.41. The Morgan fingerprint density at radius 2 is 1.97 bits per heavy atom. The van der Waals surface area contributed by atoms with Gasteiger partial charge in [-0.3, -0.25) is 9.59 Å². The highest BCUT2D eigenvalue weighted by Gasteiger charge is 2.39. The van der Waals surface area contributed by atoms with E-state index in [1.54, 1.807) is 17.9 Å². The predicted octanol–water partition coefficient (Wildman–Crippen LogP) is 3.31. The smallest absolute Gasteiger partial charge is 0.313 e. The van der Waals surface area contributed by atoms with Crippen molar-refractivity contribution in [2.45, 2.75) is 52.4 Å². The van der Waals surface area contributed by atoms with E-state index in [1.807, 2.05) is 44.2 Å². The van der Waals surface area contributed by atoms with Crippen LogP contribution < -0.4 is 11.1 Å². The average molecular weight is 411 g/mol. The lowest BCUT2D eigenvalue weighted by Crippen LogP contribution is -2.51. The van der Waals surface area contributed by atoms with E-state index >= 15 is 0 Å². The van der Waals surface area contributed by atoms with Crippen LogP contribution in [0.2, 0.25) is 0 Å². The number of piperidine rings is 1. The minimum absolute atomic E-state index is 0.0197. The maximum absolute atomic E-state index is 13.1. The van der Waals surface area contributed by atoms with Crippen LogP contribution in [0.15, 0.2) is 42.6 Å². The van der Waals surface area contributed by atoms with Crippen molar-refractivity contribution in [3.63, 3.8) is 0 Å². The van der Waals surface area contributed by atoms with Gasteiger partial charge in [-0.25, -0.2) is 4.98 Å². The van der Waals surface area contributed by atoms with E-state index in [4.69, 9.17) is 10.5 Å². The van der Waals surface area contributed by atoms with Gasteiger partial charge in [0.15, 0.2) is 0 Å². The molecule has 0 spiro atoms. The molecule has 30 heavy (non-hydrogen) atoms. The largest absolute Gasteiger partial charge is 0.383 e. The molecule has 3 rings (SSSR count). The van der Waals surface area contributed by atoms with Crippen LogP contribution in [0.25, 0.3) is 0 Å². The third kappa shape index (κ3) is 4.97. The zero-order chi connectivity index (χ0) is 21.8. The van der Waals surface area contributed by atoms with Crippen molar-refractivity contribution in [2.24, 2.45) is 5.92 Å². The van der Waals surface area contributed by atoms with Gasteiger partial charge >= 0.3 is 11.8 Å². The number of benzene rings is 1. The standard InChI is InChI=1S/C23H30N4O3/c1-14(2)30-20-11-19(17-8-6-5-7-9-17)27(13-16(20)4)23(29)22(28)26-18-10-15(3)21(24)25-12-18/h5-10,12,14,16,19-20H,11,13H2,1-4H3,(H2,24,25)(H,26,28)/t16-,19-,20?/m1/s1. The van der Waals surface area contributed by atoms with Gasteiger partial charge in [0.25, 0.3) is 0 Å². The summed E-state index contributed by atoms with van der Waals surface area (Å²) in [7, 11) is 0. The molecule has 2 amide bonds. The van der Waals surface area contributed by atoms with Crippen molar-refractivity contribution >= 4 is 23.3 Å². The molecule has 7 nitrogen and oxygen atoms in total. The van der Waals surface area contributed by atoms with Gasteiger partial charge in [-0.15, -0.1) is 0 Å². The summed E-state index contributed by atoms with van der Waals surface area (Å²) < 4.78 is 6.11. The number of nitrogens with zero attached hydrogens (tertiary/aromatic N) is 2. The first-order valence-corrected chi connectivity index (χ1v) is 10.3. The van der Waals surface area contributed by atoms with Gasteiger partial charge in [0.2, 0.25) is 0 Å². The van der Waals surface area contributed by atoms with E-state index in [0.717, 1.165) is 11.1 Å². The number of ether oxygens (including phenoxy) is 1. The first-order chi connectivity index (χ1) is 14.3. The van der Waals surface area contributed by atoms with E-state index in [0.29, 0.717) is 24.5 Å². The highest BCUT2D eigenvalue weighted by Crippen LogP contribution is 2.35. The Bertz CT molecular complexity index is 901. The molecule has 2 aromatic rings. The first-order valence-electron chi connectivity index (χ1n) is 10.3. The number of anilines is 2. The molecule has 1 aliphatic rings. The summed E-state index contributed by atoms with van der Waals surface area (Å²) in [6, 6.07) is 11.3. The molecule has 0 aliphatic carbocycles. The van der Waals surface area contributed by atoms with E-state index < -0.39 is 11.8 Å². The van der Waals surface area contributed by atoms with Gasteiger partial charge in [-0.05, 0) is 44.4 Å². The SMILES string of the molecule is Cc1cc(NC(=O)C(=O)N2C[C@@H](C)C(OC(C)C)C[C@@H]2c2ccccc2)cnc1N. The van der Waals surface area contributed by atoms with Gasteiger partial charge in [-0.1, -0.05) is 37.3 Å². The van der Waals surface area contributed by atoms with Crippen LogP contribution in [0.4, 0.5) is 11.5 Å². The molecular weight excluding hydrogens is 380 g/mol. The average Bonchev–Trinajstić information content (AvgIpc) is 2.71. The van der Waals surface area contributed by atoms with Gasteiger partial charge in [0.1, 0.15) is 5.82 Å². The fraction of sp³-hybridized carbons (Fsp3) is 0.435. The van der Waals surface area contributed by atoms with Crippen LogP contribution in [0.3, 0.4) is 0 Å². The number of nitrogens with two attached hydrogens (primary N) is 1. The molecule has 1 fully saturated rings. The van der Waals surface area contributed by atoms with E-state index in [-0.39, 0.29) is 24.2 Å². The normalized spacial score (nSPS) is 21.5. The first kappa shape index (κ1) is 21.8.